The van der Waals surface area contributed by atoms with Crippen molar-refractivity contribution in [2.45, 2.75) is 57.9 Å². The van der Waals surface area contributed by atoms with E-state index in [1.807, 2.05) is 0 Å². The summed E-state index contributed by atoms with van der Waals surface area (Å²) in [5.41, 5.74) is 5.96. The van der Waals surface area contributed by atoms with Gasteiger partial charge in [0.1, 0.15) is 0 Å². The molecule has 1 aliphatic heterocycles. The van der Waals surface area contributed by atoms with Crippen LogP contribution in [0.25, 0.3) is 0 Å². The third kappa shape index (κ3) is 2.98. The van der Waals surface area contributed by atoms with Gasteiger partial charge >= 0.3 is 0 Å². The monoisotopic (exact) mass is 224 g/mol. The lowest BCUT2D eigenvalue weighted by Gasteiger charge is -2.41. The lowest BCUT2D eigenvalue weighted by Crippen LogP contribution is -2.47. The minimum Gasteiger partial charge on any atom is -0.330 e. The average Bonchev–Trinajstić information content (AvgIpc) is 2.57. The molecule has 0 aromatic heterocycles. The molecule has 2 N–H and O–H groups in total. The van der Waals surface area contributed by atoms with E-state index in [2.05, 4.69) is 11.8 Å². The number of likely N-dealkylation sites (tertiary alicyclic amines) is 1. The van der Waals surface area contributed by atoms with E-state index in [-0.39, 0.29) is 0 Å². The lowest BCUT2D eigenvalue weighted by atomic mass is 9.78. The van der Waals surface area contributed by atoms with Crippen molar-refractivity contribution in [1.82, 2.24) is 4.90 Å². The van der Waals surface area contributed by atoms with Crippen LogP contribution >= 0.6 is 0 Å². The van der Waals surface area contributed by atoms with E-state index in [0.717, 1.165) is 24.4 Å². The molecule has 0 aromatic carbocycles. The summed E-state index contributed by atoms with van der Waals surface area (Å²) in [6.07, 6.45) is 9.83. The van der Waals surface area contributed by atoms with Crippen molar-refractivity contribution in [2.24, 2.45) is 17.6 Å². The Kier molecular flexibility index (Phi) is 4.66. The maximum absolute atomic E-state index is 5.96. The molecule has 3 unspecified atom stereocenters. The first-order valence-electron chi connectivity index (χ1n) is 7.25. The van der Waals surface area contributed by atoms with Crippen LogP contribution in [0, 0.1) is 11.8 Å². The Morgan fingerprint density at radius 1 is 1.06 bits per heavy atom. The van der Waals surface area contributed by atoms with Crippen molar-refractivity contribution in [3.63, 3.8) is 0 Å². The van der Waals surface area contributed by atoms with Gasteiger partial charge in [-0.1, -0.05) is 26.2 Å². The van der Waals surface area contributed by atoms with E-state index in [1.54, 1.807) is 0 Å². The largest absolute Gasteiger partial charge is 0.330 e. The molecule has 2 rings (SSSR count). The second-order valence-electron chi connectivity index (χ2n) is 5.93. The van der Waals surface area contributed by atoms with Gasteiger partial charge in [0.2, 0.25) is 0 Å². The van der Waals surface area contributed by atoms with Crippen LogP contribution in [0.4, 0.5) is 0 Å². The number of nitrogens with two attached hydrogens (primary N) is 1. The summed E-state index contributed by atoms with van der Waals surface area (Å²) in [6.45, 7) is 5.97. The van der Waals surface area contributed by atoms with E-state index in [9.17, 15) is 0 Å². The Balaban J connectivity index is 1.97. The smallest absolute Gasteiger partial charge is 0.0138 e. The maximum Gasteiger partial charge on any atom is 0.0138 e. The summed E-state index contributed by atoms with van der Waals surface area (Å²) in [7, 11) is 0. The molecule has 2 nitrogen and oxygen atoms in total. The van der Waals surface area contributed by atoms with Crippen molar-refractivity contribution in [2.75, 3.05) is 19.6 Å². The molecule has 94 valence electrons. The number of nitrogens with zero attached hydrogens (tertiary/aromatic N) is 1. The minimum atomic E-state index is 0.772. The van der Waals surface area contributed by atoms with E-state index in [4.69, 9.17) is 5.73 Å². The Morgan fingerprint density at radius 3 is 2.38 bits per heavy atom. The molecule has 0 radical (unpaired) electrons. The minimum absolute atomic E-state index is 0.772. The molecule has 1 heterocycles. The fraction of sp³-hybridized carbons (Fsp3) is 1.00. The van der Waals surface area contributed by atoms with Crippen molar-refractivity contribution >= 4 is 0 Å². The molecule has 3 atom stereocenters. The van der Waals surface area contributed by atoms with Gasteiger partial charge in [-0.25, -0.2) is 0 Å². The van der Waals surface area contributed by atoms with Crippen molar-refractivity contribution in [3.05, 3.63) is 0 Å². The van der Waals surface area contributed by atoms with Gasteiger partial charge in [-0.2, -0.15) is 0 Å². The van der Waals surface area contributed by atoms with Crippen LogP contribution in [0.5, 0.6) is 0 Å². The van der Waals surface area contributed by atoms with E-state index < -0.39 is 0 Å². The molecular weight excluding hydrogens is 196 g/mol. The Labute approximate surface area is 101 Å². The molecule has 2 fully saturated rings. The van der Waals surface area contributed by atoms with E-state index in [0.29, 0.717) is 0 Å². The molecule has 2 heteroatoms. The van der Waals surface area contributed by atoms with Crippen LogP contribution in [0.2, 0.25) is 0 Å². The number of hydrogen-bond donors (Lipinski definition) is 1. The fourth-order valence-electron chi connectivity index (χ4n) is 3.56. The van der Waals surface area contributed by atoms with Crippen LogP contribution in [-0.2, 0) is 0 Å². The third-order valence-corrected chi connectivity index (χ3v) is 4.63. The average molecular weight is 224 g/mol. The highest BCUT2D eigenvalue weighted by Gasteiger charge is 2.32. The summed E-state index contributed by atoms with van der Waals surface area (Å²) >= 11 is 0. The molecule has 1 aliphatic carbocycles. The molecule has 0 amide bonds. The van der Waals surface area contributed by atoms with Gasteiger partial charge in [0, 0.05) is 6.04 Å². The third-order valence-electron chi connectivity index (χ3n) is 4.63. The number of hydrogen-bond acceptors (Lipinski definition) is 2. The first-order chi connectivity index (χ1) is 7.81. The first-order valence-corrected chi connectivity index (χ1v) is 7.25. The highest BCUT2D eigenvalue weighted by molar-refractivity contribution is 4.87. The van der Waals surface area contributed by atoms with Gasteiger partial charge in [-0.15, -0.1) is 0 Å². The van der Waals surface area contributed by atoms with Gasteiger partial charge in [0.05, 0.1) is 0 Å². The molecule has 0 bridgehead atoms. The summed E-state index contributed by atoms with van der Waals surface area (Å²) in [5, 5.41) is 0. The van der Waals surface area contributed by atoms with Crippen molar-refractivity contribution in [3.8, 4) is 0 Å². The summed E-state index contributed by atoms with van der Waals surface area (Å²) in [6, 6.07) is 0.798. The topological polar surface area (TPSA) is 29.3 Å². The van der Waals surface area contributed by atoms with E-state index >= 15 is 0 Å². The van der Waals surface area contributed by atoms with Crippen LogP contribution < -0.4 is 5.73 Å². The second-order valence-corrected chi connectivity index (χ2v) is 5.93. The van der Waals surface area contributed by atoms with Crippen LogP contribution in [-0.4, -0.2) is 30.6 Å². The zero-order valence-electron chi connectivity index (χ0n) is 10.8. The molecule has 16 heavy (non-hydrogen) atoms. The first kappa shape index (κ1) is 12.4. The van der Waals surface area contributed by atoms with Crippen LogP contribution in [0.1, 0.15) is 51.9 Å². The zero-order chi connectivity index (χ0) is 11.4. The maximum atomic E-state index is 5.96. The predicted octanol–water partition coefficient (Wildman–Crippen LogP) is 2.63. The predicted molar refractivity (Wildman–Crippen MR) is 69.4 cm³/mol. The summed E-state index contributed by atoms with van der Waals surface area (Å²) in [4.78, 5) is 2.76. The lowest BCUT2D eigenvalue weighted by molar-refractivity contribution is 0.0889. The molecule has 0 aromatic rings. The zero-order valence-corrected chi connectivity index (χ0v) is 10.8. The number of rotatable bonds is 2. The Bertz CT molecular complexity index is 197. The molecule has 2 aliphatic rings. The second kappa shape index (κ2) is 6.02. The quantitative estimate of drug-likeness (QED) is 0.781. The van der Waals surface area contributed by atoms with Gasteiger partial charge in [-0.3, -0.25) is 0 Å². The van der Waals surface area contributed by atoms with Gasteiger partial charge < -0.3 is 10.6 Å². The highest BCUT2D eigenvalue weighted by atomic mass is 15.2. The Hall–Kier alpha value is -0.0800. The molecule has 1 saturated heterocycles. The van der Waals surface area contributed by atoms with Crippen LogP contribution in [0.15, 0.2) is 0 Å². The Morgan fingerprint density at radius 2 is 1.75 bits per heavy atom. The van der Waals surface area contributed by atoms with Crippen molar-refractivity contribution < 1.29 is 0 Å². The van der Waals surface area contributed by atoms with Gasteiger partial charge in [-0.05, 0) is 57.2 Å². The SMILES string of the molecule is CC1CCC(CN)C(N2CCCCCC2)C1. The normalized spacial score (nSPS) is 38.2. The summed E-state index contributed by atoms with van der Waals surface area (Å²) in [5.74, 6) is 1.69. The molecule has 1 saturated carbocycles. The van der Waals surface area contributed by atoms with Crippen LogP contribution in [0.3, 0.4) is 0 Å². The summed E-state index contributed by atoms with van der Waals surface area (Å²) < 4.78 is 0. The van der Waals surface area contributed by atoms with Gasteiger partial charge in [0.25, 0.3) is 0 Å². The van der Waals surface area contributed by atoms with Crippen molar-refractivity contribution in [1.29, 1.82) is 0 Å². The van der Waals surface area contributed by atoms with E-state index in [1.165, 1.54) is 58.0 Å². The fourth-order valence-corrected chi connectivity index (χ4v) is 3.56. The highest BCUT2D eigenvalue weighted by Crippen LogP contribution is 2.32. The standard InChI is InChI=1S/C14H28N2/c1-12-6-7-13(11-15)14(10-12)16-8-4-2-3-5-9-16/h12-14H,2-11,15H2,1H3. The van der Waals surface area contributed by atoms with Gasteiger partial charge in [0.15, 0.2) is 0 Å². The molecule has 0 spiro atoms. The molecular formula is C14H28N2.